The molecule has 6 unspecified atom stereocenters. The molecule has 0 spiro atoms. The number of hydrogen-bond acceptors (Lipinski definition) is 9. The number of rotatable bonds is 40. The van der Waals surface area contributed by atoms with Crippen LogP contribution in [0, 0.1) is 0 Å². The lowest BCUT2D eigenvalue weighted by atomic mass is 9.99. The van der Waals surface area contributed by atoms with Gasteiger partial charge in [0, 0.05) is 13.0 Å². The van der Waals surface area contributed by atoms with Gasteiger partial charge in [0.05, 0.1) is 19.8 Å². The molecule has 0 amide bonds. The van der Waals surface area contributed by atoms with Crippen LogP contribution in [-0.4, -0.2) is 89.6 Å². The zero-order valence-corrected chi connectivity index (χ0v) is 35.7. The molecule has 0 radical (unpaired) electrons. The lowest BCUT2D eigenvalue weighted by Crippen LogP contribution is -2.59. The maximum absolute atomic E-state index is 12.8. The molecule has 1 aliphatic heterocycles. The van der Waals surface area contributed by atoms with Gasteiger partial charge in [0.25, 0.3) is 0 Å². The summed E-state index contributed by atoms with van der Waals surface area (Å²) in [6.07, 6.45) is 35.2. The summed E-state index contributed by atoms with van der Waals surface area (Å²) >= 11 is 0. The third-order valence-electron chi connectivity index (χ3n) is 10.9. The van der Waals surface area contributed by atoms with Gasteiger partial charge in [-0.05, 0) is 38.5 Å². The zero-order valence-electron chi connectivity index (χ0n) is 35.7. The maximum atomic E-state index is 12.8. The van der Waals surface area contributed by atoms with E-state index in [4.69, 9.17) is 18.9 Å². The molecule has 9 nitrogen and oxygen atoms in total. The molecule has 1 rings (SSSR count). The molecule has 0 aromatic rings. The Hall–Kier alpha value is -1.07. The van der Waals surface area contributed by atoms with Crippen molar-refractivity contribution >= 4 is 5.97 Å². The Balaban J connectivity index is 2.24. The number of carbonyl (C=O) groups is 1. The number of allylic oxidation sites excluding steroid dienone is 2. The van der Waals surface area contributed by atoms with E-state index in [1.165, 1.54) is 161 Å². The highest BCUT2D eigenvalue weighted by molar-refractivity contribution is 5.69. The number of unbranched alkanes of at least 4 members (excludes halogenated alkanes) is 27. The van der Waals surface area contributed by atoms with E-state index in [1.54, 1.807) is 0 Å². The Labute approximate surface area is 337 Å². The number of hydrogen-bond donors (Lipinski definition) is 4. The second-order valence-electron chi connectivity index (χ2n) is 16.2. The molecule has 1 aliphatic rings. The molecule has 0 aliphatic carbocycles. The van der Waals surface area contributed by atoms with Gasteiger partial charge >= 0.3 is 5.97 Å². The van der Waals surface area contributed by atoms with E-state index in [0.29, 0.717) is 13.0 Å². The molecule has 0 aromatic carbocycles. The Kier molecular flexibility index (Phi) is 36.3. The Morgan fingerprint density at radius 1 is 0.564 bits per heavy atom. The average molecular weight is 785 g/mol. The van der Waals surface area contributed by atoms with E-state index in [2.05, 4.69) is 26.0 Å². The van der Waals surface area contributed by atoms with Crippen molar-refractivity contribution in [2.75, 3.05) is 26.4 Å². The van der Waals surface area contributed by atoms with E-state index in [-0.39, 0.29) is 19.2 Å². The molecule has 1 heterocycles. The fraction of sp³-hybridized carbons (Fsp3) is 0.935. The molecule has 55 heavy (non-hydrogen) atoms. The Morgan fingerprint density at radius 2 is 1.00 bits per heavy atom. The van der Waals surface area contributed by atoms with Crippen molar-refractivity contribution in [3.05, 3.63) is 12.2 Å². The Bertz CT molecular complexity index is 853. The SMILES string of the molecule is CCCCCCC/C=C\CCCCCCCCOCC(COC1OC(CO)C(O)C(O)C1O)OC(=O)CCCCCCCCCCCCCCCCCCC. The molecule has 4 N–H and O–H groups in total. The highest BCUT2D eigenvalue weighted by Gasteiger charge is 2.44. The number of esters is 1. The van der Waals surface area contributed by atoms with Gasteiger partial charge in [-0.2, -0.15) is 0 Å². The zero-order chi connectivity index (χ0) is 40.0. The lowest BCUT2D eigenvalue weighted by Gasteiger charge is -2.39. The molecular formula is C46H88O9. The van der Waals surface area contributed by atoms with Gasteiger partial charge in [-0.15, -0.1) is 0 Å². The smallest absolute Gasteiger partial charge is 0.306 e. The van der Waals surface area contributed by atoms with Crippen LogP contribution in [0.15, 0.2) is 12.2 Å². The summed E-state index contributed by atoms with van der Waals surface area (Å²) in [5.41, 5.74) is 0. The molecule has 0 bridgehead atoms. The predicted octanol–water partition coefficient (Wildman–Crippen LogP) is 10.4. The first-order valence-corrected chi connectivity index (χ1v) is 23.3. The van der Waals surface area contributed by atoms with Gasteiger partial charge in [0.1, 0.15) is 30.5 Å². The first-order valence-electron chi connectivity index (χ1n) is 23.3. The van der Waals surface area contributed by atoms with E-state index in [9.17, 15) is 25.2 Å². The average Bonchev–Trinajstić information content (AvgIpc) is 3.18. The topological polar surface area (TPSA) is 135 Å². The fourth-order valence-electron chi connectivity index (χ4n) is 7.25. The van der Waals surface area contributed by atoms with Crippen LogP contribution in [0.25, 0.3) is 0 Å². The van der Waals surface area contributed by atoms with Gasteiger partial charge in [-0.1, -0.05) is 180 Å². The third kappa shape index (κ3) is 29.8. The first kappa shape index (κ1) is 51.9. The minimum absolute atomic E-state index is 0.110. The largest absolute Gasteiger partial charge is 0.457 e. The van der Waals surface area contributed by atoms with Gasteiger partial charge in [0.2, 0.25) is 0 Å². The Morgan fingerprint density at radius 3 is 1.47 bits per heavy atom. The molecular weight excluding hydrogens is 696 g/mol. The summed E-state index contributed by atoms with van der Waals surface area (Å²) in [4.78, 5) is 12.8. The van der Waals surface area contributed by atoms with E-state index in [1.807, 2.05) is 0 Å². The summed E-state index contributed by atoms with van der Waals surface area (Å²) in [5, 5.41) is 40.1. The monoisotopic (exact) mass is 785 g/mol. The molecule has 1 fully saturated rings. The second-order valence-corrected chi connectivity index (χ2v) is 16.2. The molecule has 9 heteroatoms. The minimum atomic E-state index is -1.53. The summed E-state index contributed by atoms with van der Waals surface area (Å²) < 4.78 is 22.8. The van der Waals surface area contributed by atoms with Gasteiger partial charge in [0.15, 0.2) is 6.29 Å². The first-order chi connectivity index (χ1) is 26.9. The molecule has 326 valence electrons. The van der Waals surface area contributed by atoms with Crippen molar-refractivity contribution in [3.8, 4) is 0 Å². The van der Waals surface area contributed by atoms with Crippen LogP contribution in [0.2, 0.25) is 0 Å². The highest BCUT2D eigenvalue weighted by atomic mass is 16.7. The van der Waals surface area contributed by atoms with Crippen LogP contribution < -0.4 is 0 Å². The summed E-state index contributed by atoms with van der Waals surface area (Å²) in [7, 11) is 0. The van der Waals surface area contributed by atoms with Crippen molar-refractivity contribution in [1.82, 2.24) is 0 Å². The van der Waals surface area contributed by atoms with Crippen LogP contribution in [-0.2, 0) is 23.7 Å². The van der Waals surface area contributed by atoms with Crippen molar-refractivity contribution in [2.24, 2.45) is 0 Å². The van der Waals surface area contributed by atoms with E-state index >= 15 is 0 Å². The molecule has 0 saturated carbocycles. The van der Waals surface area contributed by atoms with Crippen molar-refractivity contribution in [3.63, 3.8) is 0 Å². The van der Waals surface area contributed by atoms with Gasteiger partial charge < -0.3 is 39.4 Å². The maximum Gasteiger partial charge on any atom is 0.306 e. The number of aliphatic hydroxyl groups is 4. The van der Waals surface area contributed by atoms with Crippen LogP contribution in [0.5, 0.6) is 0 Å². The summed E-state index contributed by atoms with van der Waals surface area (Å²) in [6, 6.07) is 0. The number of aliphatic hydroxyl groups excluding tert-OH is 4. The summed E-state index contributed by atoms with van der Waals surface area (Å²) in [5.74, 6) is -0.311. The van der Waals surface area contributed by atoms with Gasteiger partial charge in [-0.3, -0.25) is 4.79 Å². The second kappa shape index (κ2) is 38.4. The number of carbonyl (C=O) groups excluding carboxylic acids is 1. The van der Waals surface area contributed by atoms with Gasteiger partial charge in [-0.25, -0.2) is 0 Å². The normalized spacial score (nSPS) is 20.7. The molecule has 1 saturated heterocycles. The number of ether oxygens (including phenoxy) is 4. The van der Waals surface area contributed by atoms with E-state index < -0.39 is 43.4 Å². The minimum Gasteiger partial charge on any atom is -0.457 e. The van der Waals surface area contributed by atoms with Crippen LogP contribution in [0.3, 0.4) is 0 Å². The fourth-order valence-corrected chi connectivity index (χ4v) is 7.25. The van der Waals surface area contributed by atoms with Crippen LogP contribution >= 0.6 is 0 Å². The molecule has 6 atom stereocenters. The summed E-state index contributed by atoms with van der Waals surface area (Å²) in [6.45, 7) is 4.57. The lowest BCUT2D eigenvalue weighted by molar-refractivity contribution is -0.305. The van der Waals surface area contributed by atoms with Crippen molar-refractivity contribution in [1.29, 1.82) is 0 Å². The third-order valence-corrected chi connectivity index (χ3v) is 10.9. The van der Waals surface area contributed by atoms with Crippen LogP contribution in [0.4, 0.5) is 0 Å². The molecule has 0 aromatic heterocycles. The van der Waals surface area contributed by atoms with E-state index in [0.717, 1.165) is 32.1 Å². The van der Waals surface area contributed by atoms with Crippen LogP contribution in [0.1, 0.15) is 213 Å². The highest BCUT2D eigenvalue weighted by Crippen LogP contribution is 2.23. The van der Waals surface area contributed by atoms with Crippen molar-refractivity contribution in [2.45, 2.75) is 250 Å². The quantitative estimate of drug-likeness (QED) is 0.0272. The van der Waals surface area contributed by atoms with Crippen molar-refractivity contribution < 1.29 is 44.2 Å². The standard InChI is InChI=1S/C46H88O9/c1-3-5-7-9-11-13-15-17-19-20-21-23-25-27-29-31-33-35-42(48)54-40(39-53-46-45(51)44(50)43(49)41(37-47)55-46)38-52-36-34-32-30-28-26-24-22-18-16-14-12-10-8-6-4-2/h16,18,40-41,43-47,49-51H,3-15,17,19-39H2,1-2H3/b18-16-. The predicted molar refractivity (Wildman–Crippen MR) is 224 cm³/mol.